The van der Waals surface area contributed by atoms with Crippen LogP contribution in [0, 0.1) is 20.8 Å². The molecule has 0 unspecified atom stereocenters. The van der Waals surface area contributed by atoms with Crippen molar-refractivity contribution in [1.29, 1.82) is 0 Å². The van der Waals surface area contributed by atoms with E-state index in [9.17, 15) is 18.7 Å². The van der Waals surface area contributed by atoms with Crippen LogP contribution in [0.25, 0.3) is 0 Å². The number of carbonyl (C=O) groups excluding carboxylic acids is 1. The van der Waals surface area contributed by atoms with Crippen LogP contribution in [0.2, 0.25) is 0 Å². The third-order valence-corrected chi connectivity index (χ3v) is 13.0. The number of thiol groups is 1. The number of nitrogens with zero attached hydrogens (tertiary/aromatic N) is 10. The van der Waals surface area contributed by atoms with Gasteiger partial charge in [0.05, 0.1) is 72.3 Å². The summed E-state index contributed by atoms with van der Waals surface area (Å²) in [4.78, 5) is 46.5. The molecule has 4 aliphatic carbocycles. The second-order valence-corrected chi connectivity index (χ2v) is 18.0. The van der Waals surface area contributed by atoms with Crippen molar-refractivity contribution < 1.29 is 37.5 Å². The number of alkyl halides is 2. The van der Waals surface area contributed by atoms with Gasteiger partial charge < -0.3 is 53.7 Å². The minimum Gasteiger partial charge on any atom is -0.346 e. The molecule has 0 aliphatic heterocycles. The Labute approximate surface area is 485 Å². The Balaban J connectivity index is -0.000000411. The summed E-state index contributed by atoms with van der Waals surface area (Å²) in [6.07, 6.45) is 23.2. The van der Waals surface area contributed by atoms with E-state index in [2.05, 4.69) is 127 Å². The predicted molar refractivity (Wildman–Crippen MR) is 315 cm³/mol. The first-order valence-corrected chi connectivity index (χ1v) is 26.8. The summed E-state index contributed by atoms with van der Waals surface area (Å²) in [5, 5.41) is 9.36. The fourth-order valence-electron chi connectivity index (χ4n) is 8.24. The van der Waals surface area contributed by atoms with Gasteiger partial charge in [0.25, 0.3) is 0 Å². The Morgan fingerprint density at radius 1 is 0.592 bits per heavy atom. The van der Waals surface area contributed by atoms with Crippen LogP contribution < -0.4 is 41.8 Å². The van der Waals surface area contributed by atoms with Gasteiger partial charge in [-0.1, -0.05) is 28.2 Å². The van der Waals surface area contributed by atoms with Crippen LogP contribution >= 0.6 is 28.7 Å². The van der Waals surface area contributed by atoms with Crippen molar-refractivity contribution in [3.05, 3.63) is 91.5 Å². The molecule has 8 rings (SSSR count). The predicted octanol–water partition coefficient (Wildman–Crippen LogP) is 8.55. The summed E-state index contributed by atoms with van der Waals surface area (Å²) in [5.41, 5.74) is 25.8. The molecule has 76 heavy (non-hydrogen) atoms. The molecule has 0 aromatic carbocycles. The van der Waals surface area contributed by atoms with Gasteiger partial charge >= 0.3 is 43.6 Å². The van der Waals surface area contributed by atoms with Crippen LogP contribution in [0.5, 0.6) is 0 Å². The first-order valence-electron chi connectivity index (χ1n) is 25.6. The molecule has 4 aromatic heterocycles. The largest absolute Gasteiger partial charge is 1.00 e. The van der Waals surface area contributed by atoms with Crippen LogP contribution in [0.4, 0.5) is 32.1 Å². The van der Waals surface area contributed by atoms with Crippen molar-refractivity contribution >= 4 is 73.9 Å². The summed E-state index contributed by atoms with van der Waals surface area (Å²) in [7, 11) is 4.34. The Hall–Kier alpha value is -3.67. The van der Waals surface area contributed by atoms with Gasteiger partial charge in [-0.2, -0.15) is 20.8 Å². The molecule has 420 valence electrons. The van der Waals surface area contributed by atoms with E-state index in [1.807, 2.05) is 0 Å². The van der Waals surface area contributed by atoms with Crippen molar-refractivity contribution in [2.24, 2.45) is 4.30 Å². The fraction of sp³-hybridized carbons (Fsp3) is 0.623. The molecule has 16 nitrogen and oxygen atoms in total. The number of nitrogen functional groups attached to an aromatic ring is 4. The molecule has 4 radical (unpaired) electrons. The number of rotatable bonds is 7. The number of aliphatic hydroxyl groups excluding tert-OH is 1. The Morgan fingerprint density at radius 3 is 1.16 bits per heavy atom. The number of halogens is 3. The SMILES string of the molecule is C.CCN(CC)CC.Nc1cnc(C2CCC(=O)CC2)cn1.Nc1cnc(C2CCC(F)CC2)cn1.Nc1cnc(C2CCC(O)CC2)cn1.Nc1ncc(C2CCC(F)CC2)nc1Br.[B].[B]=NS.[CH2-]C.[CH2-]C.[CH2-]C.[Li+]. The number of hydrogen-bond acceptors (Lipinski definition) is 17. The minimum atomic E-state index is -0.633. The molecule has 4 aliphatic rings. The molecule has 0 bridgehead atoms. The van der Waals surface area contributed by atoms with Gasteiger partial charge in [-0.15, -0.1) is 0 Å². The smallest absolute Gasteiger partial charge is 0.346 e. The zero-order valence-electron chi connectivity index (χ0n) is 46.0. The molecule has 0 atom stereocenters. The average molecular weight is 1130 g/mol. The molecule has 0 amide bonds. The van der Waals surface area contributed by atoms with Crippen molar-refractivity contribution in [3.63, 3.8) is 0 Å². The molecule has 4 saturated carbocycles. The van der Waals surface area contributed by atoms with E-state index in [0.717, 1.165) is 87.0 Å². The normalized spacial score (nSPS) is 20.1. The van der Waals surface area contributed by atoms with Crippen molar-refractivity contribution in [1.82, 2.24) is 44.8 Å². The van der Waals surface area contributed by atoms with Gasteiger partial charge in [-0.3, -0.25) is 19.7 Å². The summed E-state index contributed by atoms with van der Waals surface area (Å²) in [6, 6.07) is 0. The summed E-state index contributed by atoms with van der Waals surface area (Å²) >= 11 is 6.44. The number of anilines is 4. The number of Topliss-reactive ketones (excluding diaryl/α,β-unsaturated/α-hetero) is 1. The maximum atomic E-state index is 13.0. The Kier molecular flexibility index (Phi) is 50.3. The quantitative estimate of drug-likeness (QED) is 0.0575. The van der Waals surface area contributed by atoms with E-state index >= 15 is 0 Å². The molecule has 9 N–H and O–H groups in total. The minimum absolute atomic E-state index is 0. The molecular weight excluding hydrogens is 1040 g/mol. The topological polar surface area (TPSA) is 260 Å². The molecule has 4 heterocycles. The average Bonchev–Trinajstić information content (AvgIpc) is 3.42. The van der Waals surface area contributed by atoms with Crippen molar-refractivity contribution in [3.8, 4) is 0 Å². The molecule has 0 saturated heterocycles. The molecule has 4 aromatic rings. The van der Waals surface area contributed by atoms with E-state index in [0.29, 0.717) is 95.9 Å². The maximum Gasteiger partial charge on any atom is 1.00 e. The summed E-state index contributed by atoms with van der Waals surface area (Å²) in [6.45, 7) is 25.1. The summed E-state index contributed by atoms with van der Waals surface area (Å²) in [5.74, 6) is 3.66. The van der Waals surface area contributed by atoms with Gasteiger partial charge in [0.15, 0.2) is 5.82 Å². The molecular formula is C53H90B2BrF2LiN14O2S-2. The van der Waals surface area contributed by atoms with E-state index in [1.165, 1.54) is 19.6 Å². The van der Waals surface area contributed by atoms with Crippen molar-refractivity contribution in [2.75, 3.05) is 42.6 Å². The van der Waals surface area contributed by atoms with Gasteiger partial charge in [-0.25, -0.2) is 33.7 Å². The van der Waals surface area contributed by atoms with Gasteiger partial charge in [0, 0.05) is 44.9 Å². The number of ketones is 1. The van der Waals surface area contributed by atoms with Crippen LogP contribution in [0.3, 0.4) is 0 Å². The number of nitrogens with two attached hydrogens (primary N) is 4. The standard InChI is InChI=1S/C10H13BrFN3.C10H14FN3.C10H15N3O.C10H13N3O.C6H15N.3C2H5.CH4.BHNS.B.Li/c11-9-10(13)14-5-8(15-9)6-1-3-7(12)4-2-6;11-8-3-1-7(2-4-8)9-5-14-10(12)6-13-9;2*11-10-6-12-9(5-13-10)7-1-3-8(14)4-2-7;1-4-7(5-2)6-3;3*1-2;;1-2-3;;/h5-7H,1-4H2,(H2,13,14);5-8H,1-4H2,(H2,12,14);5-8,14H,1-4H2,(H2,11,13);5-7H,1-4H2,(H2,11,13);4-6H2,1-3H3;3*1H2,2H3;1H4;3H;;/q;;;;;3*-1;;;;+1. The van der Waals surface area contributed by atoms with Crippen LogP contribution in [0.1, 0.15) is 198 Å². The first kappa shape index (κ1) is 78.8. The second kappa shape index (κ2) is 48.5. The number of aromatic nitrogens is 8. The molecule has 23 heteroatoms. The number of carbonyl (C=O) groups is 1. The Bertz CT molecular complexity index is 1910. The van der Waals surface area contributed by atoms with Gasteiger partial charge in [-0.05, 0) is 125 Å². The van der Waals surface area contributed by atoms with E-state index in [4.69, 9.17) is 22.9 Å². The van der Waals surface area contributed by atoms with Gasteiger partial charge in [0.2, 0.25) is 0 Å². The van der Waals surface area contributed by atoms with E-state index in [1.54, 1.807) is 64.1 Å². The number of hydrogen-bond donors (Lipinski definition) is 6. The van der Waals surface area contributed by atoms with Crippen LogP contribution in [-0.2, 0) is 4.79 Å². The first-order chi connectivity index (χ1) is 35.2. The zero-order chi connectivity index (χ0) is 55.1. The van der Waals surface area contributed by atoms with Crippen LogP contribution in [0.15, 0.2) is 52.3 Å². The second-order valence-electron chi connectivity index (χ2n) is 17.0. The van der Waals surface area contributed by atoms with Crippen molar-refractivity contribution in [2.45, 2.75) is 194 Å². The number of aliphatic hydroxyl groups is 1. The molecule has 4 fully saturated rings. The maximum absolute atomic E-state index is 13.0. The Morgan fingerprint density at radius 2 is 0.882 bits per heavy atom. The summed E-state index contributed by atoms with van der Waals surface area (Å²) < 4.78 is 29.1. The van der Waals surface area contributed by atoms with Crippen LogP contribution in [-0.4, -0.2) is 110 Å². The fourth-order valence-corrected chi connectivity index (χ4v) is 8.54. The molecule has 0 spiro atoms. The van der Waals surface area contributed by atoms with Gasteiger partial charge in [0.1, 0.15) is 40.2 Å². The third kappa shape index (κ3) is 32.9. The van der Waals surface area contributed by atoms with E-state index < -0.39 is 12.3 Å². The monoisotopic (exact) mass is 1130 g/mol. The zero-order valence-corrected chi connectivity index (χ0v) is 48.5. The third-order valence-electron chi connectivity index (χ3n) is 12.4. The van der Waals surface area contributed by atoms with E-state index in [-0.39, 0.29) is 40.8 Å².